The van der Waals surface area contributed by atoms with Gasteiger partial charge in [0.1, 0.15) is 12.7 Å². The molecule has 1 rings (SSSR count). The third-order valence-electron chi connectivity index (χ3n) is 1.15. The van der Waals surface area contributed by atoms with Crippen LogP contribution >= 0.6 is 11.8 Å². The van der Waals surface area contributed by atoms with Crippen LogP contribution in [0.4, 0.5) is 0 Å². The Morgan fingerprint density at radius 1 is 1.88 bits per heavy atom. The van der Waals surface area contributed by atoms with Crippen molar-refractivity contribution in [1.82, 2.24) is 0 Å². The van der Waals surface area contributed by atoms with Crippen molar-refractivity contribution in [3.8, 4) is 0 Å². The van der Waals surface area contributed by atoms with Crippen molar-refractivity contribution >= 4 is 18.1 Å². The maximum atomic E-state index is 5.83. The molecule has 1 aliphatic rings. The van der Waals surface area contributed by atoms with E-state index in [4.69, 9.17) is 11.8 Å². The molecule has 0 aromatic rings. The van der Waals surface area contributed by atoms with Gasteiger partial charge in [-0.15, -0.1) is 0 Å². The summed E-state index contributed by atoms with van der Waals surface area (Å²) >= 11 is 5.83. The fourth-order valence-electron chi connectivity index (χ4n) is 0.601. The van der Waals surface area contributed by atoms with Crippen molar-refractivity contribution < 1.29 is 4.00 Å². The molecule has 0 fully saturated rings. The lowest BCUT2D eigenvalue weighted by atomic mass is 10.6. The SMILES string of the molecule is C=C[N+]1(Cl)C=NCC1. The number of hydrogen-bond acceptors (Lipinski definition) is 1. The molecule has 1 heterocycles. The second-order valence-corrected chi connectivity index (χ2v) is 2.39. The minimum atomic E-state index is 0.264. The average Bonchev–Trinajstić information content (AvgIpc) is 2.17. The van der Waals surface area contributed by atoms with Crippen molar-refractivity contribution in [2.24, 2.45) is 4.99 Å². The molecule has 0 N–H and O–H groups in total. The highest BCUT2D eigenvalue weighted by atomic mass is 35.5. The molecule has 44 valence electrons. The fourth-order valence-corrected chi connectivity index (χ4v) is 0.738. The van der Waals surface area contributed by atoms with Crippen LogP contribution in [0.15, 0.2) is 17.8 Å². The van der Waals surface area contributed by atoms with Crippen molar-refractivity contribution in [2.75, 3.05) is 13.1 Å². The summed E-state index contributed by atoms with van der Waals surface area (Å²) in [5, 5.41) is 0. The zero-order chi connectivity index (χ0) is 6.04. The first-order chi connectivity index (χ1) is 3.77. The van der Waals surface area contributed by atoms with E-state index in [1.165, 1.54) is 0 Å². The van der Waals surface area contributed by atoms with Crippen LogP contribution in [0.1, 0.15) is 0 Å². The van der Waals surface area contributed by atoms with Gasteiger partial charge in [0.25, 0.3) is 0 Å². The predicted molar refractivity (Wildman–Crippen MR) is 34.5 cm³/mol. The summed E-state index contributed by atoms with van der Waals surface area (Å²) in [6.45, 7) is 5.22. The predicted octanol–water partition coefficient (Wildman–Crippen LogP) is 1.14. The van der Waals surface area contributed by atoms with Crippen LogP contribution in [0, 0.1) is 0 Å². The number of hydrogen-bond donors (Lipinski definition) is 0. The van der Waals surface area contributed by atoms with Gasteiger partial charge < -0.3 is 0 Å². The molecule has 3 heteroatoms. The minimum absolute atomic E-state index is 0.264. The van der Waals surface area contributed by atoms with E-state index < -0.39 is 0 Å². The van der Waals surface area contributed by atoms with Crippen LogP contribution < -0.4 is 0 Å². The summed E-state index contributed by atoms with van der Waals surface area (Å²) in [4.78, 5) is 3.95. The third kappa shape index (κ3) is 0.904. The highest BCUT2D eigenvalue weighted by Gasteiger charge is 2.23. The molecule has 8 heavy (non-hydrogen) atoms. The smallest absolute Gasteiger partial charge is 0.208 e. The van der Waals surface area contributed by atoms with Gasteiger partial charge >= 0.3 is 0 Å². The molecule has 1 aliphatic heterocycles. The minimum Gasteiger partial charge on any atom is -0.234 e. The maximum absolute atomic E-state index is 5.83. The molecule has 1 unspecified atom stereocenters. The van der Waals surface area contributed by atoms with Crippen molar-refractivity contribution in [1.29, 1.82) is 0 Å². The Kier molecular flexibility index (Phi) is 1.36. The van der Waals surface area contributed by atoms with Crippen molar-refractivity contribution in [3.05, 3.63) is 12.8 Å². The van der Waals surface area contributed by atoms with Gasteiger partial charge in [0.2, 0.25) is 6.34 Å². The summed E-state index contributed by atoms with van der Waals surface area (Å²) in [7, 11) is 0. The van der Waals surface area contributed by atoms with Crippen molar-refractivity contribution in [2.45, 2.75) is 0 Å². The zero-order valence-corrected chi connectivity index (χ0v) is 5.30. The molecule has 0 saturated carbocycles. The van der Waals surface area contributed by atoms with Gasteiger partial charge in [-0.2, -0.15) is 4.00 Å². The van der Waals surface area contributed by atoms with Gasteiger partial charge in [-0.1, -0.05) is 0 Å². The monoisotopic (exact) mass is 131 g/mol. The topological polar surface area (TPSA) is 12.4 Å². The second kappa shape index (κ2) is 1.88. The van der Waals surface area contributed by atoms with Crippen LogP contribution in [0.5, 0.6) is 0 Å². The summed E-state index contributed by atoms with van der Waals surface area (Å²) < 4.78 is 0.264. The molecule has 0 saturated heterocycles. The number of nitrogens with zero attached hydrogens (tertiary/aromatic N) is 2. The Balaban J connectivity index is 2.67. The molecule has 0 radical (unpaired) electrons. The van der Waals surface area contributed by atoms with E-state index in [9.17, 15) is 0 Å². The first-order valence-corrected chi connectivity index (χ1v) is 2.82. The van der Waals surface area contributed by atoms with Gasteiger partial charge in [0.05, 0.1) is 6.54 Å². The molecule has 0 spiro atoms. The molecule has 0 amide bonds. The molecule has 1 atom stereocenters. The second-order valence-electron chi connectivity index (χ2n) is 1.76. The standard InChI is InChI=1S/C5H8ClN2/c1-2-8(6)4-3-7-5-8/h2,5H,1,3-4H2/q+1. The Bertz CT molecular complexity index is 132. The van der Waals surface area contributed by atoms with Gasteiger partial charge in [0.15, 0.2) is 11.8 Å². The van der Waals surface area contributed by atoms with Gasteiger partial charge in [-0.3, -0.25) is 0 Å². The van der Waals surface area contributed by atoms with Crippen LogP contribution in [0.25, 0.3) is 0 Å². The maximum Gasteiger partial charge on any atom is 0.208 e. The lowest BCUT2D eigenvalue weighted by Gasteiger charge is -2.10. The van der Waals surface area contributed by atoms with E-state index in [-0.39, 0.29) is 4.00 Å². The molecule has 0 aromatic carbocycles. The zero-order valence-electron chi connectivity index (χ0n) is 4.55. The van der Waals surface area contributed by atoms with Crippen LogP contribution in [-0.2, 0) is 0 Å². The lowest BCUT2D eigenvalue weighted by molar-refractivity contribution is -0.641. The Morgan fingerprint density at radius 2 is 2.62 bits per heavy atom. The van der Waals surface area contributed by atoms with Crippen LogP contribution in [-0.4, -0.2) is 23.4 Å². The van der Waals surface area contributed by atoms with E-state index in [0.29, 0.717) is 0 Å². The van der Waals surface area contributed by atoms with Gasteiger partial charge in [-0.05, 0) is 6.58 Å². The normalized spacial score (nSPS) is 35.6. The number of aliphatic imine (C=N–C) groups is 1. The van der Waals surface area contributed by atoms with Crippen LogP contribution in [0.3, 0.4) is 0 Å². The quantitative estimate of drug-likeness (QED) is 0.474. The largest absolute Gasteiger partial charge is 0.234 e. The number of halogens is 1. The summed E-state index contributed by atoms with van der Waals surface area (Å²) in [6, 6.07) is 0. The van der Waals surface area contributed by atoms with E-state index in [2.05, 4.69) is 11.6 Å². The van der Waals surface area contributed by atoms with E-state index in [0.717, 1.165) is 13.1 Å². The molecular formula is C5H8ClN2+. The first-order valence-electron chi connectivity index (χ1n) is 2.48. The summed E-state index contributed by atoms with van der Waals surface area (Å²) in [5.74, 6) is 0. The molecule has 0 bridgehead atoms. The third-order valence-corrected chi connectivity index (χ3v) is 1.54. The highest BCUT2D eigenvalue weighted by Crippen LogP contribution is 2.12. The van der Waals surface area contributed by atoms with E-state index in [1.54, 1.807) is 12.5 Å². The molecule has 0 aliphatic carbocycles. The fraction of sp³-hybridized carbons (Fsp3) is 0.400. The summed E-state index contributed by atoms with van der Waals surface area (Å²) in [5.41, 5.74) is 0. The average molecular weight is 132 g/mol. The molecule has 2 nitrogen and oxygen atoms in total. The first kappa shape index (κ1) is 5.79. The molecular weight excluding hydrogens is 124 g/mol. The van der Waals surface area contributed by atoms with Crippen LogP contribution in [0.2, 0.25) is 0 Å². The van der Waals surface area contributed by atoms with Crippen molar-refractivity contribution in [3.63, 3.8) is 0 Å². The highest BCUT2D eigenvalue weighted by molar-refractivity contribution is 6.10. The number of quaternary nitrogens is 1. The lowest BCUT2D eigenvalue weighted by Crippen LogP contribution is -2.27. The Labute approximate surface area is 53.8 Å². The Morgan fingerprint density at radius 3 is 2.88 bits per heavy atom. The van der Waals surface area contributed by atoms with E-state index >= 15 is 0 Å². The molecule has 0 aromatic heterocycles. The van der Waals surface area contributed by atoms with E-state index in [1.807, 2.05) is 0 Å². The Hall–Kier alpha value is -0.340. The van der Waals surface area contributed by atoms with Gasteiger partial charge in [0, 0.05) is 0 Å². The number of rotatable bonds is 1. The van der Waals surface area contributed by atoms with Gasteiger partial charge in [-0.25, -0.2) is 4.99 Å². The summed E-state index contributed by atoms with van der Waals surface area (Å²) in [6.07, 6.45) is 3.35.